The second-order valence-corrected chi connectivity index (χ2v) is 5.72. The van der Waals surface area contributed by atoms with Crippen molar-refractivity contribution in [3.05, 3.63) is 42.0 Å². The molecule has 1 aliphatic rings. The van der Waals surface area contributed by atoms with Gasteiger partial charge in [0.25, 0.3) is 0 Å². The second-order valence-electron chi connectivity index (χ2n) is 5.72. The molecule has 2 aromatic rings. The molecular weight excluding hydrogens is 312 g/mol. The number of methoxy groups -OCH3 is 1. The Balaban J connectivity index is 0.00000192. The number of aliphatic hydroxyl groups is 1. The largest absolute Gasteiger partial charge is 0.496 e. The highest BCUT2D eigenvalue weighted by molar-refractivity contribution is 5.88. The summed E-state index contributed by atoms with van der Waals surface area (Å²) < 4.78 is 5.65. The zero-order valence-corrected chi connectivity index (χ0v) is 14.3. The van der Waals surface area contributed by atoms with Crippen molar-refractivity contribution in [1.82, 2.24) is 10.2 Å². The van der Waals surface area contributed by atoms with E-state index >= 15 is 0 Å². The van der Waals surface area contributed by atoms with E-state index in [1.165, 1.54) is 16.3 Å². The Labute approximate surface area is 143 Å². The number of nitrogens with one attached hydrogen (secondary N) is 1. The van der Waals surface area contributed by atoms with Gasteiger partial charge in [-0.05, 0) is 23.3 Å². The Morgan fingerprint density at radius 3 is 2.61 bits per heavy atom. The van der Waals surface area contributed by atoms with Crippen LogP contribution in [-0.2, 0) is 0 Å². The fourth-order valence-corrected chi connectivity index (χ4v) is 3.42. The van der Waals surface area contributed by atoms with Gasteiger partial charge in [0.1, 0.15) is 5.75 Å². The maximum atomic E-state index is 9.58. The zero-order valence-electron chi connectivity index (χ0n) is 13.5. The lowest BCUT2D eigenvalue weighted by molar-refractivity contribution is 0.140. The van der Waals surface area contributed by atoms with Gasteiger partial charge >= 0.3 is 0 Å². The van der Waals surface area contributed by atoms with Crippen LogP contribution < -0.4 is 10.1 Å². The monoisotopic (exact) mass is 336 g/mol. The smallest absolute Gasteiger partial charge is 0.124 e. The highest BCUT2D eigenvalue weighted by Gasteiger charge is 2.26. The minimum Gasteiger partial charge on any atom is -0.496 e. The van der Waals surface area contributed by atoms with Crippen LogP contribution in [0.2, 0.25) is 0 Å². The van der Waals surface area contributed by atoms with Crippen LogP contribution in [0.4, 0.5) is 0 Å². The fraction of sp³-hybridized carbons (Fsp3) is 0.444. The highest BCUT2D eigenvalue weighted by atomic mass is 35.5. The molecule has 0 aromatic heterocycles. The number of hydrogen-bond acceptors (Lipinski definition) is 4. The summed E-state index contributed by atoms with van der Waals surface area (Å²) in [6, 6.07) is 12.7. The van der Waals surface area contributed by atoms with Gasteiger partial charge in [0.15, 0.2) is 0 Å². The van der Waals surface area contributed by atoms with Gasteiger partial charge in [-0.2, -0.15) is 0 Å². The van der Waals surface area contributed by atoms with Crippen LogP contribution in [0.15, 0.2) is 36.4 Å². The van der Waals surface area contributed by atoms with E-state index in [-0.39, 0.29) is 25.1 Å². The van der Waals surface area contributed by atoms with Crippen molar-refractivity contribution in [1.29, 1.82) is 0 Å². The average Bonchev–Trinajstić information content (AvgIpc) is 2.59. The lowest BCUT2D eigenvalue weighted by Gasteiger charge is -2.36. The van der Waals surface area contributed by atoms with E-state index < -0.39 is 0 Å². The van der Waals surface area contributed by atoms with Crippen molar-refractivity contribution >= 4 is 23.2 Å². The molecule has 23 heavy (non-hydrogen) atoms. The van der Waals surface area contributed by atoms with Gasteiger partial charge in [0.05, 0.1) is 7.11 Å². The molecule has 0 saturated carbocycles. The number of benzene rings is 2. The molecule has 5 heteroatoms. The molecule has 1 saturated heterocycles. The van der Waals surface area contributed by atoms with E-state index in [4.69, 9.17) is 4.74 Å². The van der Waals surface area contributed by atoms with E-state index in [9.17, 15) is 5.11 Å². The van der Waals surface area contributed by atoms with Gasteiger partial charge < -0.3 is 15.2 Å². The summed E-state index contributed by atoms with van der Waals surface area (Å²) >= 11 is 0. The SMILES string of the molecule is COc1ccc2ccccc2c1[C@@H](CCO)N1CCNCC1.Cl. The third kappa shape index (κ3) is 3.78. The summed E-state index contributed by atoms with van der Waals surface area (Å²) in [7, 11) is 1.72. The summed E-state index contributed by atoms with van der Waals surface area (Å²) in [5, 5.41) is 15.4. The van der Waals surface area contributed by atoms with Crippen LogP contribution >= 0.6 is 12.4 Å². The summed E-state index contributed by atoms with van der Waals surface area (Å²) in [5.41, 5.74) is 1.21. The van der Waals surface area contributed by atoms with Crippen molar-refractivity contribution in [3.63, 3.8) is 0 Å². The predicted octanol–water partition coefficient (Wildman–Crippen LogP) is 2.60. The summed E-state index contributed by atoms with van der Waals surface area (Å²) in [4.78, 5) is 2.46. The quantitative estimate of drug-likeness (QED) is 0.881. The van der Waals surface area contributed by atoms with Crippen LogP contribution in [0, 0.1) is 0 Å². The molecule has 1 aliphatic heterocycles. The van der Waals surface area contributed by atoms with Gasteiger partial charge in [-0.15, -0.1) is 12.4 Å². The number of halogens is 1. The molecule has 0 bridgehead atoms. The van der Waals surface area contributed by atoms with Crippen LogP contribution in [-0.4, -0.2) is 49.9 Å². The first-order chi connectivity index (χ1) is 10.8. The van der Waals surface area contributed by atoms with E-state index in [0.29, 0.717) is 0 Å². The van der Waals surface area contributed by atoms with Gasteiger partial charge in [-0.1, -0.05) is 30.3 Å². The van der Waals surface area contributed by atoms with Crippen LogP contribution in [0.1, 0.15) is 18.0 Å². The van der Waals surface area contributed by atoms with Crippen LogP contribution in [0.25, 0.3) is 10.8 Å². The number of aliphatic hydroxyl groups excluding tert-OH is 1. The minimum absolute atomic E-state index is 0. The van der Waals surface area contributed by atoms with Gasteiger partial charge in [-0.3, -0.25) is 4.90 Å². The minimum atomic E-state index is 0. The second kappa shape index (κ2) is 8.50. The van der Waals surface area contributed by atoms with E-state index in [0.717, 1.165) is 38.3 Å². The standard InChI is InChI=1S/C18H24N2O2.ClH/c1-22-17-7-6-14-4-2-3-5-15(14)18(17)16(8-13-21)20-11-9-19-10-12-20;/h2-7,16,19,21H,8-13H2,1H3;1H/t16-;/m1./s1. The van der Waals surface area contributed by atoms with Gasteiger partial charge in [0, 0.05) is 44.4 Å². The van der Waals surface area contributed by atoms with Gasteiger partial charge in [-0.25, -0.2) is 0 Å². The summed E-state index contributed by atoms with van der Waals surface area (Å²) in [6.45, 7) is 4.17. The normalized spacial score (nSPS) is 16.8. The van der Waals surface area contributed by atoms with Crippen molar-refractivity contribution < 1.29 is 9.84 Å². The highest BCUT2D eigenvalue weighted by Crippen LogP contribution is 2.37. The molecule has 0 spiro atoms. The maximum absolute atomic E-state index is 9.58. The number of fused-ring (bicyclic) bond motifs is 1. The molecule has 0 aliphatic carbocycles. The van der Waals surface area contributed by atoms with Crippen molar-refractivity contribution in [3.8, 4) is 5.75 Å². The van der Waals surface area contributed by atoms with Crippen LogP contribution in [0.5, 0.6) is 5.75 Å². The summed E-state index contributed by atoms with van der Waals surface area (Å²) in [6.07, 6.45) is 0.727. The lowest BCUT2D eigenvalue weighted by Crippen LogP contribution is -2.45. The van der Waals surface area contributed by atoms with Crippen molar-refractivity contribution in [2.45, 2.75) is 12.5 Å². The molecule has 0 amide bonds. The van der Waals surface area contributed by atoms with E-state index in [1.807, 2.05) is 6.07 Å². The molecule has 1 fully saturated rings. The first kappa shape index (κ1) is 18.0. The van der Waals surface area contributed by atoms with Gasteiger partial charge in [0.2, 0.25) is 0 Å². The third-order valence-electron chi connectivity index (χ3n) is 4.48. The molecule has 1 atom stereocenters. The molecule has 0 radical (unpaired) electrons. The predicted molar refractivity (Wildman–Crippen MR) is 96.6 cm³/mol. The number of ether oxygens (including phenoxy) is 1. The van der Waals surface area contributed by atoms with Crippen molar-refractivity contribution in [2.24, 2.45) is 0 Å². The molecule has 2 N–H and O–H groups in total. The number of rotatable bonds is 5. The Bertz CT molecular complexity index is 629. The molecule has 3 rings (SSSR count). The molecule has 126 valence electrons. The number of nitrogens with zero attached hydrogens (tertiary/aromatic N) is 1. The van der Waals surface area contributed by atoms with E-state index in [1.54, 1.807) is 7.11 Å². The summed E-state index contributed by atoms with van der Waals surface area (Å²) in [5.74, 6) is 0.913. The maximum Gasteiger partial charge on any atom is 0.124 e. The first-order valence-corrected chi connectivity index (χ1v) is 7.96. The molecular formula is C18H25ClN2O2. The third-order valence-corrected chi connectivity index (χ3v) is 4.48. The number of hydrogen-bond donors (Lipinski definition) is 2. The lowest BCUT2D eigenvalue weighted by atomic mass is 9.94. The number of piperazine rings is 1. The van der Waals surface area contributed by atoms with Crippen LogP contribution in [0.3, 0.4) is 0 Å². The molecule has 2 aromatic carbocycles. The average molecular weight is 337 g/mol. The topological polar surface area (TPSA) is 44.7 Å². The Hall–Kier alpha value is -1.33. The zero-order chi connectivity index (χ0) is 15.4. The van der Waals surface area contributed by atoms with E-state index in [2.05, 4.69) is 40.5 Å². The Morgan fingerprint density at radius 2 is 1.91 bits per heavy atom. The van der Waals surface area contributed by atoms with Crippen molar-refractivity contribution in [2.75, 3.05) is 39.9 Å². The Morgan fingerprint density at radius 1 is 1.17 bits per heavy atom. The fourth-order valence-electron chi connectivity index (χ4n) is 3.42. The molecule has 4 nitrogen and oxygen atoms in total. The molecule has 1 heterocycles. The Kier molecular flexibility index (Phi) is 6.66. The first-order valence-electron chi connectivity index (χ1n) is 7.96. The molecule has 0 unspecified atom stereocenters.